The van der Waals surface area contributed by atoms with E-state index < -0.39 is 0 Å². The molecule has 0 aromatic carbocycles. The van der Waals surface area contributed by atoms with E-state index in [1.807, 2.05) is 50.9 Å². The van der Waals surface area contributed by atoms with Gasteiger partial charge in [0.15, 0.2) is 12.4 Å². The monoisotopic (exact) mass is 164 g/mol. The normalized spacial score (nSPS) is 9.33. The van der Waals surface area contributed by atoms with Crippen molar-refractivity contribution in [2.24, 2.45) is 7.05 Å². The molecular weight excluding hydrogens is 146 g/mol. The van der Waals surface area contributed by atoms with Gasteiger partial charge in [0, 0.05) is 12.1 Å². The summed E-state index contributed by atoms with van der Waals surface area (Å²) in [6.45, 7) is 6.02. The summed E-state index contributed by atoms with van der Waals surface area (Å²) in [7, 11) is 2.01. The molecular formula is C11H18N+. The number of pyridine rings is 1. The molecule has 0 aliphatic heterocycles. The van der Waals surface area contributed by atoms with Crippen LogP contribution in [0.4, 0.5) is 0 Å². The fourth-order valence-electron chi connectivity index (χ4n) is 0.816. The Morgan fingerprint density at radius 3 is 2.08 bits per heavy atom. The maximum atomic E-state index is 2.08. The van der Waals surface area contributed by atoms with Gasteiger partial charge in [0.05, 0.1) is 0 Å². The number of aromatic nitrogens is 1. The van der Waals surface area contributed by atoms with Gasteiger partial charge < -0.3 is 0 Å². The predicted molar refractivity (Wildman–Crippen MR) is 53.7 cm³/mol. The minimum absolute atomic E-state index is 1.25. The van der Waals surface area contributed by atoms with E-state index in [0.29, 0.717) is 0 Å². The van der Waals surface area contributed by atoms with Gasteiger partial charge >= 0.3 is 0 Å². The van der Waals surface area contributed by atoms with Crippen LogP contribution in [0.2, 0.25) is 0 Å². The van der Waals surface area contributed by atoms with Crippen molar-refractivity contribution in [1.82, 2.24) is 0 Å². The smallest absolute Gasteiger partial charge is 0.169 e. The summed E-state index contributed by atoms with van der Waals surface area (Å²) in [5.41, 5.74) is 1.25. The Morgan fingerprint density at radius 1 is 1.17 bits per heavy atom. The standard InChI is InChI=1S/C9H12N.C2H6/c1-3-4-9-5-7-10(2)8-6-9;1-2/h3-8H,1-2H3;1-2H3/q+1;/b4-3+;. The lowest BCUT2D eigenvalue weighted by Crippen LogP contribution is -2.25. The van der Waals surface area contributed by atoms with Gasteiger partial charge in [-0.25, -0.2) is 4.57 Å². The predicted octanol–water partition coefficient (Wildman–Crippen LogP) is 2.57. The Hall–Kier alpha value is -1.11. The van der Waals surface area contributed by atoms with Crippen LogP contribution in [0.1, 0.15) is 26.3 Å². The fourth-order valence-corrected chi connectivity index (χ4v) is 0.816. The lowest BCUT2D eigenvalue weighted by Gasteiger charge is -1.88. The van der Waals surface area contributed by atoms with E-state index in [0.717, 1.165) is 0 Å². The molecule has 0 saturated carbocycles. The van der Waals surface area contributed by atoms with Crippen LogP contribution < -0.4 is 4.57 Å². The molecule has 0 radical (unpaired) electrons. The first-order chi connectivity index (χ1) is 5.83. The topological polar surface area (TPSA) is 3.88 Å². The van der Waals surface area contributed by atoms with Crippen LogP contribution in [-0.2, 0) is 7.05 Å². The van der Waals surface area contributed by atoms with Gasteiger partial charge in [0.2, 0.25) is 0 Å². The Kier molecular flexibility index (Phi) is 5.98. The first-order valence-corrected chi connectivity index (χ1v) is 4.41. The van der Waals surface area contributed by atoms with E-state index in [2.05, 4.69) is 18.2 Å². The van der Waals surface area contributed by atoms with Crippen molar-refractivity contribution >= 4 is 6.08 Å². The lowest BCUT2D eigenvalue weighted by atomic mass is 10.2. The Bertz CT molecular complexity index is 221. The van der Waals surface area contributed by atoms with Crippen molar-refractivity contribution in [3.8, 4) is 0 Å². The van der Waals surface area contributed by atoms with Gasteiger partial charge in [-0.1, -0.05) is 26.0 Å². The molecule has 1 nitrogen and oxygen atoms in total. The quantitative estimate of drug-likeness (QED) is 0.562. The molecule has 1 rings (SSSR count). The molecule has 0 amide bonds. The minimum atomic E-state index is 1.25. The second-order valence-corrected chi connectivity index (χ2v) is 2.30. The number of hydrogen-bond donors (Lipinski definition) is 0. The molecule has 0 bridgehead atoms. The molecule has 0 unspecified atom stereocenters. The van der Waals surface area contributed by atoms with Gasteiger partial charge in [0.25, 0.3) is 0 Å². The zero-order chi connectivity index (χ0) is 9.40. The Labute approximate surface area is 75.4 Å². The van der Waals surface area contributed by atoms with Crippen LogP contribution >= 0.6 is 0 Å². The summed E-state index contributed by atoms with van der Waals surface area (Å²) in [5.74, 6) is 0. The van der Waals surface area contributed by atoms with E-state index >= 15 is 0 Å². The Balaban J connectivity index is 0.000000561. The maximum Gasteiger partial charge on any atom is 0.169 e. The zero-order valence-corrected chi connectivity index (χ0v) is 8.41. The largest absolute Gasteiger partial charge is 0.208 e. The van der Waals surface area contributed by atoms with Crippen molar-refractivity contribution in [1.29, 1.82) is 0 Å². The minimum Gasteiger partial charge on any atom is -0.208 e. The van der Waals surface area contributed by atoms with Gasteiger partial charge in [0.1, 0.15) is 7.05 Å². The third kappa shape index (κ3) is 3.91. The molecule has 1 heterocycles. The first-order valence-electron chi connectivity index (χ1n) is 4.41. The van der Waals surface area contributed by atoms with Crippen molar-refractivity contribution in [2.75, 3.05) is 0 Å². The van der Waals surface area contributed by atoms with E-state index in [9.17, 15) is 0 Å². The number of rotatable bonds is 1. The highest BCUT2D eigenvalue weighted by molar-refractivity contribution is 5.46. The molecule has 0 saturated heterocycles. The molecule has 0 spiro atoms. The first kappa shape index (κ1) is 10.9. The van der Waals surface area contributed by atoms with Crippen molar-refractivity contribution < 1.29 is 4.57 Å². The number of nitrogens with zero attached hydrogens (tertiary/aromatic N) is 1. The van der Waals surface area contributed by atoms with Gasteiger partial charge in [-0.15, -0.1) is 0 Å². The molecule has 1 aromatic rings. The molecule has 0 fully saturated rings. The van der Waals surface area contributed by atoms with Crippen LogP contribution in [0.25, 0.3) is 6.08 Å². The molecule has 0 N–H and O–H groups in total. The summed E-state index contributed by atoms with van der Waals surface area (Å²) < 4.78 is 2.02. The molecule has 1 heteroatoms. The van der Waals surface area contributed by atoms with Crippen LogP contribution in [0.5, 0.6) is 0 Å². The zero-order valence-electron chi connectivity index (χ0n) is 8.41. The Morgan fingerprint density at radius 2 is 1.67 bits per heavy atom. The summed E-state index contributed by atoms with van der Waals surface area (Å²) >= 11 is 0. The van der Waals surface area contributed by atoms with E-state index in [1.54, 1.807) is 0 Å². The lowest BCUT2D eigenvalue weighted by molar-refractivity contribution is -0.671. The molecule has 1 aromatic heterocycles. The fraction of sp³-hybridized carbons (Fsp3) is 0.364. The van der Waals surface area contributed by atoms with Crippen LogP contribution in [0.3, 0.4) is 0 Å². The third-order valence-corrected chi connectivity index (χ3v) is 1.36. The van der Waals surface area contributed by atoms with Crippen LogP contribution in [-0.4, -0.2) is 0 Å². The number of aryl methyl sites for hydroxylation is 1. The number of hydrogen-bond acceptors (Lipinski definition) is 0. The van der Waals surface area contributed by atoms with Crippen molar-refractivity contribution in [3.05, 3.63) is 36.2 Å². The average Bonchev–Trinajstić information content (AvgIpc) is 2.13. The van der Waals surface area contributed by atoms with Gasteiger partial charge in [-0.05, 0) is 12.5 Å². The highest BCUT2D eigenvalue weighted by atomic mass is 14.9. The highest BCUT2D eigenvalue weighted by Gasteiger charge is 1.88. The molecule has 0 aliphatic carbocycles. The maximum absolute atomic E-state index is 2.08. The van der Waals surface area contributed by atoms with E-state index in [-0.39, 0.29) is 0 Å². The highest BCUT2D eigenvalue weighted by Crippen LogP contribution is 1.96. The molecule has 0 aliphatic rings. The average molecular weight is 164 g/mol. The number of allylic oxidation sites excluding steroid dienone is 1. The summed E-state index contributed by atoms with van der Waals surface area (Å²) in [5, 5.41) is 0. The van der Waals surface area contributed by atoms with E-state index in [4.69, 9.17) is 0 Å². The second-order valence-electron chi connectivity index (χ2n) is 2.30. The summed E-state index contributed by atoms with van der Waals surface area (Å²) in [6.07, 6.45) is 8.19. The molecule has 12 heavy (non-hydrogen) atoms. The van der Waals surface area contributed by atoms with Gasteiger partial charge in [-0.2, -0.15) is 0 Å². The van der Waals surface area contributed by atoms with Crippen LogP contribution in [0.15, 0.2) is 30.6 Å². The summed E-state index contributed by atoms with van der Waals surface area (Å²) in [4.78, 5) is 0. The second kappa shape index (κ2) is 6.59. The van der Waals surface area contributed by atoms with Crippen molar-refractivity contribution in [2.45, 2.75) is 20.8 Å². The summed E-state index contributed by atoms with van der Waals surface area (Å²) in [6, 6.07) is 4.17. The van der Waals surface area contributed by atoms with E-state index in [1.165, 1.54) is 5.56 Å². The molecule has 66 valence electrons. The third-order valence-electron chi connectivity index (χ3n) is 1.36. The van der Waals surface area contributed by atoms with Crippen molar-refractivity contribution in [3.63, 3.8) is 0 Å². The molecule has 0 atom stereocenters. The van der Waals surface area contributed by atoms with Gasteiger partial charge in [-0.3, -0.25) is 0 Å². The SMILES string of the molecule is C/C=C/c1cc[n+](C)cc1.CC. The van der Waals surface area contributed by atoms with Crippen LogP contribution in [0, 0.1) is 0 Å².